The number of alkyl halides is 3. The molecule has 180 valence electrons. The molecule has 0 spiro atoms. The molecule has 0 aliphatic heterocycles. The maximum atomic E-state index is 13.7. The monoisotopic (exact) mass is 480 g/mol. The lowest BCUT2D eigenvalue weighted by atomic mass is 9.95. The maximum Gasteiger partial charge on any atom is 0.416 e. The molecule has 1 aromatic heterocycles. The van der Waals surface area contributed by atoms with E-state index in [1.807, 2.05) is 43.3 Å². The highest BCUT2D eigenvalue weighted by Crippen LogP contribution is 2.34. The summed E-state index contributed by atoms with van der Waals surface area (Å²) in [6.45, 7) is 3.52. The molecule has 5 nitrogen and oxygen atoms in total. The molecule has 2 N–H and O–H groups in total. The Labute approximate surface area is 199 Å². The zero-order valence-corrected chi connectivity index (χ0v) is 19.1. The number of carboxylic acids is 1. The summed E-state index contributed by atoms with van der Waals surface area (Å²) in [6, 6.07) is 14.4. The predicted molar refractivity (Wildman–Crippen MR) is 128 cm³/mol. The highest BCUT2D eigenvalue weighted by Gasteiger charge is 2.32. The van der Waals surface area contributed by atoms with Gasteiger partial charge in [0, 0.05) is 11.9 Å². The fourth-order valence-corrected chi connectivity index (χ4v) is 3.83. The molecular formula is C27H23F3N2O3. The average molecular weight is 480 g/mol. The van der Waals surface area contributed by atoms with Gasteiger partial charge in [0.15, 0.2) is 5.58 Å². The number of halogens is 3. The molecule has 0 aliphatic rings. The first kappa shape index (κ1) is 24.2. The van der Waals surface area contributed by atoms with Gasteiger partial charge < -0.3 is 14.9 Å². The molecule has 8 heteroatoms. The first-order valence-electron chi connectivity index (χ1n) is 10.9. The van der Waals surface area contributed by atoms with Gasteiger partial charge in [0.05, 0.1) is 11.8 Å². The Morgan fingerprint density at radius 2 is 1.89 bits per heavy atom. The average Bonchev–Trinajstić information content (AvgIpc) is 3.29. The molecule has 3 aromatic carbocycles. The molecule has 0 saturated carbocycles. The van der Waals surface area contributed by atoms with Crippen LogP contribution in [0.3, 0.4) is 0 Å². The molecule has 1 atom stereocenters. The van der Waals surface area contributed by atoms with Gasteiger partial charge in [-0.2, -0.15) is 13.2 Å². The molecule has 1 heterocycles. The van der Waals surface area contributed by atoms with Gasteiger partial charge in [0.2, 0.25) is 0 Å². The van der Waals surface area contributed by atoms with Crippen LogP contribution in [0.15, 0.2) is 65.3 Å². The lowest BCUT2D eigenvalue weighted by Gasteiger charge is -2.14. The van der Waals surface area contributed by atoms with Crippen molar-refractivity contribution in [3.8, 4) is 11.1 Å². The van der Waals surface area contributed by atoms with E-state index < -0.39 is 23.8 Å². The van der Waals surface area contributed by atoms with Crippen molar-refractivity contribution >= 4 is 29.1 Å². The lowest BCUT2D eigenvalue weighted by molar-refractivity contribution is -0.139. The van der Waals surface area contributed by atoms with Crippen molar-refractivity contribution in [1.29, 1.82) is 0 Å². The van der Waals surface area contributed by atoms with E-state index >= 15 is 0 Å². The second-order valence-electron chi connectivity index (χ2n) is 8.29. The predicted octanol–water partition coefficient (Wildman–Crippen LogP) is 6.56. The number of carboxylic acid groups (broad SMARTS) is 1. The minimum Gasteiger partial charge on any atom is -0.480 e. The van der Waals surface area contributed by atoms with Crippen LogP contribution in [0.5, 0.6) is 0 Å². The van der Waals surface area contributed by atoms with Crippen LogP contribution < -0.4 is 5.32 Å². The fourth-order valence-electron chi connectivity index (χ4n) is 3.83. The molecule has 0 fully saturated rings. The van der Waals surface area contributed by atoms with Gasteiger partial charge in [-0.1, -0.05) is 47.6 Å². The summed E-state index contributed by atoms with van der Waals surface area (Å²) in [5.41, 5.74) is 3.99. The Morgan fingerprint density at radius 3 is 2.63 bits per heavy atom. The van der Waals surface area contributed by atoms with Crippen LogP contribution in [0.4, 0.5) is 13.2 Å². The Bertz CT molecular complexity index is 1410. The van der Waals surface area contributed by atoms with E-state index in [0.717, 1.165) is 33.7 Å². The Morgan fingerprint density at radius 1 is 1.11 bits per heavy atom. The molecular weight excluding hydrogens is 457 g/mol. The van der Waals surface area contributed by atoms with Crippen molar-refractivity contribution in [2.45, 2.75) is 32.6 Å². The zero-order chi connectivity index (χ0) is 25.2. The van der Waals surface area contributed by atoms with Crippen molar-refractivity contribution in [3.63, 3.8) is 0 Å². The number of nitrogens with one attached hydrogen (secondary N) is 1. The van der Waals surface area contributed by atoms with Crippen molar-refractivity contribution in [1.82, 2.24) is 10.5 Å². The number of rotatable bonds is 7. The van der Waals surface area contributed by atoms with Crippen LogP contribution in [0.2, 0.25) is 0 Å². The number of nitrogens with zero attached hydrogens (tertiary/aromatic N) is 1. The smallest absolute Gasteiger partial charge is 0.416 e. The summed E-state index contributed by atoms with van der Waals surface area (Å²) in [5, 5.41) is 16.5. The van der Waals surface area contributed by atoms with Gasteiger partial charge in [-0.15, -0.1) is 0 Å². The molecule has 1 unspecified atom stereocenters. The van der Waals surface area contributed by atoms with Crippen molar-refractivity contribution in [3.05, 3.63) is 88.6 Å². The summed E-state index contributed by atoms with van der Waals surface area (Å²) < 4.78 is 46.2. The summed E-state index contributed by atoms with van der Waals surface area (Å²) in [4.78, 5) is 11.0. The molecule has 35 heavy (non-hydrogen) atoms. The topological polar surface area (TPSA) is 75.4 Å². The van der Waals surface area contributed by atoms with E-state index in [9.17, 15) is 18.0 Å². The standard InChI is InChI=1S/C27H23F3N2O3/c1-16-19(4-3-5-23(16)20-8-10-22-15-32-35-25(22)13-20)7-9-21-12-18(14-31-17(2)26(33)34)6-11-24(21)27(28,29)30/h3-13,15,17,31H,14H2,1-2H3,(H,33,34)/b9-7+. The first-order valence-corrected chi connectivity index (χ1v) is 10.9. The minimum atomic E-state index is -4.52. The van der Waals surface area contributed by atoms with Crippen molar-refractivity contribution in [2.24, 2.45) is 0 Å². The molecule has 0 bridgehead atoms. The highest BCUT2D eigenvalue weighted by atomic mass is 19.4. The van der Waals surface area contributed by atoms with Gasteiger partial charge in [0.1, 0.15) is 6.04 Å². The van der Waals surface area contributed by atoms with Crippen molar-refractivity contribution in [2.75, 3.05) is 0 Å². The molecule has 0 aliphatic carbocycles. The molecule has 4 rings (SSSR count). The summed E-state index contributed by atoms with van der Waals surface area (Å²) in [6.07, 6.45) is 0.213. The zero-order valence-electron chi connectivity index (χ0n) is 19.1. The minimum absolute atomic E-state index is 0.00709. The lowest BCUT2D eigenvalue weighted by Crippen LogP contribution is -2.33. The van der Waals surface area contributed by atoms with E-state index in [4.69, 9.17) is 9.63 Å². The largest absolute Gasteiger partial charge is 0.480 e. The number of fused-ring (bicyclic) bond motifs is 1. The van der Waals surface area contributed by atoms with Crippen LogP contribution in [0, 0.1) is 6.92 Å². The SMILES string of the molecule is Cc1c(/C=C/c2cc(CNC(C)C(=O)O)ccc2C(F)(F)F)cccc1-c1ccc2cnoc2c1. The van der Waals surface area contributed by atoms with E-state index in [2.05, 4.69) is 10.5 Å². The number of hydrogen-bond acceptors (Lipinski definition) is 4. The molecule has 0 amide bonds. The van der Waals surface area contributed by atoms with Gasteiger partial charge >= 0.3 is 12.1 Å². The number of hydrogen-bond donors (Lipinski definition) is 2. The third-order valence-electron chi connectivity index (χ3n) is 5.89. The highest BCUT2D eigenvalue weighted by molar-refractivity contribution is 5.85. The van der Waals surface area contributed by atoms with Crippen LogP contribution in [-0.2, 0) is 17.5 Å². The third-order valence-corrected chi connectivity index (χ3v) is 5.89. The normalized spacial score (nSPS) is 12.9. The van der Waals surface area contributed by atoms with Crippen molar-refractivity contribution < 1.29 is 27.6 Å². The van der Waals surface area contributed by atoms with Gasteiger partial charge in [-0.3, -0.25) is 4.79 Å². The third kappa shape index (κ3) is 5.44. The first-order chi connectivity index (χ1) is 16.6. The van der Waals surface area contributed by atoms with Gasteiger partial charge in [0.25, 0.3) is 0 Å². The fraction of sp³-hybridized carbons (Fsp3) is 0.185. The van der Waals surface area contributed by atoms with Gasteiger partial charge in [-0.25, -0.2) is 0 Å². The number of aliphatic carboxylic acids is 1. The molecule has 0 radical (unpaired) electrons. The quantitative estimate of drug-likeness (QED) is 0.293. The van der Waals surface area contributed by atoms with E-state index in [0.29, 0.717) is 11.1 Å². The second-order valence-corrected chi connectivity index (χ2v) is 8.29. The second kappa shape index (κ2) is 9.76. The Kier molecular flexibility index (Phi) is 6.75. The van der Waals surface area contributed by atoms with Crippen LogP contribution >= 0.6 is 0 Å². The van der Waals surface area contributed by atoms with E-state index in [1.165, 1.54) is 25.1 Å². The Balaban J connectivity index is 1.67. The maximum absolute atomic E-state index is 13.7. The molecule has 0 saturated heterocycles. The number of benzene rings is 3. The van der Waals surface area contributed by atoms with Gasteiger partial charge in [-0.05, 0) is 71.5 Å². The number of carbonyl (C=O) groups is 1. The van der Waals surface area contributed by atoms with Crippen LogP contribution in [0.25, 0.3) is 34.2 Å². The Hall–Kier alpha value is -3.91. The summed E-state index contributed by atoms with van der Waals surface area (Å²) in [7, 11) is 0. The van der Waals surface area contributed by atoms with E-state index in [1.54, 1.807) is 12.3 Å². The molecule has 4 aromatic rings. The van der Waals surface area contributed by atoms with Crippen LogP contribution in [0.1, 0.15) is 34.7 Å². The van der Waals surface area contributed by atoms with Crippen LogP contribution in [-0.4, -0.2) is 22.3 Å². The summed E-state index contributed by atoms with van der Waals surface area (Å²) >= 11 is 0. The summed E-state index contributed by atoms with van der Waals surface area (Å²) in [5.74, 6) is -1.03. The van der Waals surface area contributed by atoms with E-state index in [-0.39, 0.29) is 12.1 Å². The number of aromatic nitrogens is 1.